The summed E-state index contributed by atoms with van der Waals surface area (Å²) in [5, 5.41) is 5.90. The fourth-order valence-corrected chi connectivity index (χ4v) is 1.23. The summed E-state index contributed by atoms with van der Waals surface area (Å²) in [5.41, 5.74) is 0. The molecule has 1 aromatic heterocycles. The SMILES string of the molecule is CCNCCC(=O)NCc1ccc(C)o1. The Morgan fingerprint density at radius 1 is 1.47 bits per heavy atom. The molecule has 2 N–H and O–H groups in total. The van der Waals surface area contributed by atoms with Crippen LogP contribution in [0.2, 0.25) is 0 Å². The van der Waals surface area contributed by atoms with E-state index in [0.29, 0.717) is 13.0 Å². The highest BCUT2D eigenvalue weighted by Gasteiger charge is 2.02. The van der Waals surface area contributed by atoms with Crippen LogP contribution >= 0.6 is 0 Å². The maximum atomic E-state index is 11.3. The fourth-order valence-electron chi connectivity index (χ4n) is 1.23. The van der Waals surface area contributed by atoms with Gasteiger partial charge in [0.05, 0.1) is 6.54 Å². The van der Waals surface area contributed by atoms with Gasteiger partial charge in [-0.1, -0.05) is 6.92 Å². The largest absolute Gasteiger partial charge is 0.465 e. The van der Waals surface area contributed by atoms with E-state index in [0.717, 1.165) is 24.6 Å². The third-order valence-electron chi connectivity index (χ3n) is 2.03. The van der Waals surface area contributed by atoms with Gasteiger partial charge in [-0.15, -0.1) is 0 Å². The summed E-state index contributed by atoms with van der Waals surface area (Å²) in [5.74, 6) is 1.71. The van der Waals surface area contributed by atoms with E-state index in [-0.39, 0.29) is 5.91 Å². The van der Waals surface area contributed by atoms with E-state index >= 15 is 0 Å². The molecule has 0 saturated carbocycles. The van der Waals surface area contributed by atoms with Gasteiger partial charge in [0.25, 0.3) is 0 Å². The number of carbonyl (C=O) groups excluding carboxylic acids is 1. The monoisotopic (exact) mass is 210 g/mol. The van der Waals surface area contributed by atoms with Crippen molar-refractivity contribution in [1.29, 1.82) is 0 Å². The Balaban J connectivity index is 2.16. The van der Waals surface area contributed by atoms with Crippen LogP contribution in [0.25, 0.3) is 0 Å². The average Bonchev–Trinajstić information content (AvgIpc) is 2.62. The number of furan rings is 1. The van der Waals surface area contributed by atoms with Crippen LogP contribution in [0.3, 0.4) is 0 Å². The topological polar surface area (TPSA) is 54.3 Å². The molecule has 0 spiro atoms. The van der Waals surface area contributed by atoms with Crippen molar-refractivity contribution in [2.24, 2.45) is 0 Å². The molecule has 4 heteroatoms. The van der Waals surface area contributed by atoms with Crippen LogP contribution in [0.5, 0.6) is 0 Å². The predicted molar refractivity (Wildman–Crippen MR) is 58.5 cm³/mol. The molecule has 15 heavy (non-hydrogen) atoms. The minimum Gasteiger partial charge on any atom is -0.465 e. The summed E-state index contributed by atoms with van der Waals surface area (Å²) in [6.45, 7) is 5.99. The summed E-state index contributed by atoms with van der Waals surface area (Å²) in [6, 6.07) is 3.76. The van der Waals surface area contributed by atoms with E-state index in [9.17, 15) is 4.79 Å². The molecule has 4 nitrogen and oxygen atoms in total. The number of amides is 1. The third-order valence-corrected chi connectivity index (χ3v) is 2.03. The predicted octanol–water partition coefficient (Wildman–Crippen LogP) is 1.20. The zero-order chi connectivity index (χ0) is 11.1. The minimum absolute atomic E-state index is 0.0463. The van der Waals surface area contributed by atoms with Crippen LogP contribution < -0.4 is 10.6 Å². The highest BCUT2D eigenvalue weighted by molar-refractivity contribution is 5.75. The Morgan fingerprint density at radius 3 is 2.87 bits per heavy atom. The molecule has 0 radical (unpaired) electrons. The maximum Gasteiger partial charge on any atom is 0.221 e. The number of aryl methyl sites for hydroxylation is 1. The van der Waals surface area contributed by atoms with Crippen molar-refractivity contribution >= 4 is 5.91 Å². The standard InChI is InChI=1S/C11H18N2O2/c1-3-12-7-6-11(14)13-8-10-5-4-9(2)15-10/h4-5,12H,3,6-8H2,1-2H3,(H,13,14). The zero-order valence-electron chi connectivity index (χ0n) is 9.30. The first-order valence-electron chi connectivity index (χ1n) is 5.25. The maximum absolute atomic E-state index is 11.3. The fraction of sp³-hybridized carbons (Fsp3) is 0.545. The molecular weight excluding hydrogens is 192 g/mol. The van der Waals surface area contributed by atoms with Crippen molar-refractivity contribution in [1.82, 2.24) is 10.6 Å². The van der Waals surface area contributed by atoms with E-state index in [1.54, 1.807) is 0 Å². The van der Waals surface area contributed by atoms with Crippen molar-refractivity contribution in [2.75, 3.05) is 13.1 Å². The van der Waals surface area contributed by atoms with Gasteiger partial charge in [-0.2, -0.15) is 0 Å². The molecule has 1 amide bonds. The summed E-state index contributed by atoms with van der Waals surface area (Å²) < 4.78 is 5.33. The highest BCUT2D eigenvalue weighted by atomic mass is 16.3. The highest BCUT2D eigenvalue weighted by Crippen LogP contribution is 2.05. The van der Waals surface area contributed by atoms with Crippen molar-refractivity contribution < 1.29 is 9.21 Å². The lowest BCUT2D eigenvalue weighted by Crippen LogP contribution is -2.27. The molecule has 1 rings (SSSR count). The Bertz CT molecular complexity index is 307. The van der Waals surface area contributed by atoms with Crippen molar-refractivity contribution in [3.8, 4) is 0 Å². The van der Waals surface area contributed by atoms with E-state index in [2.05, 4.69) is 10.6 Å². The Hall–Kier alpha value is -1.29. The number of nitrogens with one attached hydrogen (secondary N) is 2. The number of hydrogen-bond acceptors (Lipinski definition) is 3. The summed E-state index contributed by atoms with van der Waals surface area (Å²) >= 11 is 0. The quantitative estimate of drug-likeness (QED) is 0.694. The van der Waals surface area contributed by atoms with Crippen LogP contribution in [0.4, 0.5) is 0 Å². The number of carbonyl (C=O) groups is 1. The second kappa shape index (κ2) is 6.24. The number of rotatable bonds is 6. The van der Waals surface area contributed by atoms with Crippen LogP contribution in [0.15, 0.2) is 16.5 Å². The second-order valence-electron chi connectivity index (χ2n) is 3.39. The van der Waals surface area contributed by atoms with Crippen LogP contribution in [-0.2, 0) is 11.3 Å². The van der Waals surface area contributed by atoms with Gasteiger partial charge in [0.15, 0.2) is 0 Å². The zero-order valence-corrected chi connectivity index (χ0v) is 9.30. The lowest BCUT2D eigenvalue weighted by atomic mass is 10.3. The van der Waals surface area contributed by atoms with Crippen molar-refractivity contribution in [2.45, 2.75) is 26.8 Å². The molecule has 0 aliphatic heterocycles. The Labute approximate surface area is 90.0 Å². The second-order valence-corrected chi connectivity index (χ2v) is 3.39. The molecule has 0 aromatic carbocycles. The molecule has 0 saturated heterocycles. The molecule has 1 aromatic rings. The first kappa shape index (κ1) is 11.8. The first-order valence-corrected chi connectivity index (χ1v) is 5.25. The molecule has 0 unspecified atom stereocenters. The van der Waals surface area contributed by atoms with Crippen LogP contribution in [0.1, 0.15) is 24.9 Å². The minimum atomic E-state index is 0.0463. The Kier molecular flexibility index (Phi) is 4.90. The van der Waals surface area contributed by atoms with Gasteiger partial charge in [0.2, 0.25) is 5.91 Å². The van der Waals surface area contributed by atoms with E-state index < -0.39 is 0 Å². The molecule has 0 aliphatic carbocycles. The van der Waals surface area contributed by atoms with E-state index in [1.807, 2.05) is 26.0 Å². The van der Waals surface area contributed by atoms with Crippen LogP contribution in [-0.4, -0.2) is 19.0 Å². The average molecular weight is 210 g/mol. The lowest BCUT2D eigenvalue weighted by molar-refractivity contribution is -0.121. The van der Waals surface area contributed by atoms with Crippen LogP contribution in [0, 0.1) is 6.92 Å². The number of hydrogen-bond donors (Lipinski definition) is 2. The van der Waals surface area contributed by atoms with Gasteiger partial charge in [0, 0.05) is 13.0 Å². The normalized spacial score (nSPS) is 10.3. The van der Waals surface area contributed by atoms with Crippen molar-refractivity contribution in [3.63, 3.8) is 0 Å². The van der Waals surface area contributed by atoms with Crippen molar-refractivity contribution in [3.05, 3.63) is 23.7 Å². The van der Waals surface area contributed by atoms with E-state index in [4.69, 9.17) is 4.42 Å². The van der Waals surface area contributed by atoms with Gasteiger partial charge in [0.1, 0.15) is 11.5 Å². The van der Waals surface area contributed by atoms with Gasteiger partial charge in [-0.25, -0.2) is 0 Å². The first-order chi connectivity index (χ1) is 7.22. The van der Waals surface area contributed by atoms with Gasteiger partial charge >= 0.3 is 0 Å². The summed E-state index contributed by atoms with van der Waals surface area (Å²) in [6.07, 6.45) is 0.507. The molecule has 84 valence electrons. The molecule has 0 bridgehead atoms. The van der Waals surface area contributed by atoms with Gasteiger partial charge < -0.3 is 15.1 Å². The van der Waals surface area contributed by atoms with E-state index in [1.165, 1.54) is 0 Å². The smallest absolute Gasteiger partial charge is 0.221 e. The van der Waals surface area contributed by atoms with Gasteiger partial charge in [-0.05, 0) is 25.6 Å². The summed E-state index contributed by atoms with van der Waals surface area (Å²) in [7, 11) is 0. The van der Waals surface area contributed by atoms with Gasteiger partial charge in [-0.3, -0.25) is 4.79 Å². The molecular formula is C11H18N2O2. The Morgan fingerprint density at radius 2 is 2.27 bits per heavy atom. The lowest BCUT2D eigenvalue weighted by Gasteiger charge is -2.03. The molecule has 0 fully saturated rings. The third kappa shape index (κ3) is 4.65. The molecule has 0 atom stereocenters. The molecule has 0 aliphatic rings. The summed E-state index contributed by atoms with van der Waals surface area (Å²) in [4.78, 5) is 11.3. The molecule has 1 heterocycles.